The van der Waals surface area contributed by atoms with Gasteiger partial charge >= 0.3 is 18.9 Å². The van der Waals surface area contributed by atoms with Gasteiger partial charge in [-0.3, -0.25) is 0 Å². The van der Waals surface area contributed by atoms with Gasteiger partial charge in [-0.15, -0.1) is 0 Å². The van der Waals surface area contributed by atoms with Crippen LogP contribution in [0.25, 0.3) is 0 Å². The van der Waals surface area contributed by atoms with Gasteiger partial charge in [0.1, 0.15) is 0 Å². The summed E-state index contributed by atoms with van der Waals surface area (Å²) < 4.78 is 11.2. The van der Waals surface area contributed by atoms with E-state index in [1.807, 2.05) is 6.08 Å². The molecule has 0 N–H and O–H groups in total. The average Bonchev–Trinajstić information content (AvgIpc) is 2.45. The van der Waals surface area contributed by atoms with Crippen LogP contribution in [0, 0.1) is 11.5 Å². The van der Waals surface area contributed by atoms with Gasteiger partial charge in [0.15, 0.2) is 5.79 Å². The maximum atomic E-state index is 5.58. The molecular weight excluding hydrogens is 147 g/mol. The monoisotopic (exact) mass is 160 g/mol. The van der Waals surface area contributed by atoms with E-state index in [0.717, 1.165) is 6.42 Å². The maximum Gasteiger partial charge on any atom is 1.00 e. The second kappa shape index (κ2) is 3.19. The molecule has 0 bridgehead atoms. The molecule has 0 atom stereocenters. The quantitative estimate of drug-likeness (QED) is 0.318. The maximum absolute atomic E-state index is 5.58. The topological polar surface area (TPSA) is 18.5 Å². The van der Waals surface area contributed by atoms with Crippen LogP contribution in [0.3, 0.4) is 0 Å². The Hall–Kier alpha value is 0.257. The Bertz CT molecular complexity index is 193. The van der Waals surface area contributed by atoms with Gasteiger partial charge in [0.05, 0.1) is 13.2 Å². The van der Waals surface area contributed by atoms with E-state index in [4.69, 9.17) is 9.47 Å². The van der Waals surface area contributed by atoms with E-state index in [2.05, 4.69) is 19.9 Å². The smallest absolute Gasteiger partial charge is 0.495 e. The molecule has 2 nitrogen and oxygen atoms in total. The van der Waals surface area contributed by atoms with Gasteiger partial charge in [-0.25, -0.2) is 6.08 Å². The second-order valence-electron chi connectivity index (χ2n) is 3.77. The zero-order valence-electron chi connectivity index (χ0n) is 8.02. The molecule has 62 valence electrons. The molecule has 2 rings (SSSR count). The molecule has 2 aliphatic rings. The molecule has 1 aliphatic heterocycles. The van der Waals surface area contributed by atoms with Gasteiger partial charge in [0, 0.05) is 0 Å². The first-order valence-electron chi connectivity index (χ1n) is 4.02. The fourth-order valence-corrected chi connectivity index (χ4v) is 1.66. The molecule has 3 heteroatoms. The molecule has 0 unspecified atom stereocenters. The molecule has 1 spiro atoms. The van der Waals surface area contributed by atoms with Crippen molar-refractivity contribution in [2.45, 2.75) is 26.1 Å². The van der Waals surface area contributed by atoms with Gasteiger partial charge in [-0.05, 0) is 5.41 Å². The average molecular weight is 160 g/mol. The minimum absolute atomic E-state index is 0. The zero-order chi connectivity index (χ0) is 7.95. The van der Waals surface area contributed by atoms with Crippen molar-refractivity contribution >= 4 is 0 Å². The summed E-state index contributed by atoms with van der Waals surface area (Å²) in [7, 11) is 0. The van der Waals surface area contributed by atoms with E-state index in [1.54, 1.807) is 0 Å². The Morgan fingerprint density at radius 2 is 1.83 bits per heavy atom. The summed E-state index contributed by atoms with van der Waals surface area (Å²) in [6.45, 7) is 5.72. The van der Waals surface area contributed by atoms with Crippen LogP contribution < -0.4 is 18.9 Å². The molecule has 0 aromatic carbocycles. The standard InChI is InChI=1S/C9H13O2.Li/c1-8(2)4-3-5-9(8)10-6-7-11-9;/h5H,4,6-7H2,1-2H3;/q-1;+1. The van der Waals surface area contributed by atoms with Crippen molar-refractivity contribution in [3.63, 3.8) is 0 Å². The van der Waals surface area contributed by atoms with Crippen LogP contribution in [-0.2, 0) is 9.47 Å². The second-order valence-corrected chi connectivity index (χ2v) is 3.77. The fraction of sp³-hybridized carbons (Fsp3) is 0.778. The van der Waals surface area contributed by atoms with Gasteiger partial charge in [0.2, 0.25) is 0 Å². The summed E-state index contributed by atoms with van der Waals surface area (Å²) in [6.07, 6.45) is 6.02. The van der Waals surface area contributed by atoms with Crippen LogP contribution in [0.2, 0.25) is 0 Å². The van der Waals surface area contributed by atoms with Crippen molar-refractivity contribution in [2.24, 2.45) is 5.41 Å². The third-order valence-electron chi connectivity index (χ3n) is 2.50. The van der Waals surface area contributed by atoms with Gasteiger partial charge < -0.3 is 15.5 Å². The van der Waals surface area contributed by atoms with Crippen LogP contribution >= 0.6 is 0 Å². The van der Waals surface area contributed by atoms with E-state index in [9.17, 15) is 0 Å². The van der Waals surface area contributed by atoms with E-state index >= 15 is 0 Å². The molecular formula is C9H13LiO2. The summed E-state index contributed by atoms with van der Waals surface area (Å²) >= 11 is 0. The number of allylic oxidation sites excluding steroid dienone is 1. The number of hydrogen-bond donors (Lipinski definition) is 0. The fourth-order valence-electron chi connectivity index (χ4n) is 1.66. The van der Waals surface area contributed by atoms with Crippen molar-refractivity contribution in [3.8, 4) is 0 Å². The van der Waals surface area contributed by atoms with E-state index < -0.39 is 5.79 Å². The number of rotatable bonds is 0. The van der Waals surface area contributed by atoms with Crippen LogP contribution in [-0.4, -0.2) is 19.0 Å². The zero-order valence-corrected chi connectivity index (χ0v) is 8.02. The van der Waals surface area contributed by atoms with Crippen molar-refractivity contribution < 1.29 is 28.3 Å². The molecule has 1 saturated heterocycles. The van der Waals surface area contributed by atoms with Crippen molar-refractivity contribution in [2.75, 3.05) is 13.2 Å². The molecule has 1 aliphatic carbocycles. The Morgan fingerprint density at radius 1 is 1.25 bits per heavy atom. The predicted molar refractivity (Wildman–Crippen MR) is 40.8 cm³/mol. The molecule has 1 fully saturated rings. The van der Waals surface area contributed by atoms with Crippen molar-refractivity contribution in [3.05, 3.63) is 12.2 Å². The Labute approximate surface area is 85.5 Å². The molecule has 12 heavy (non-hydrogen) atoms. The van der Waals surface area contributed by atoms with Crippen LogP contribution in [0.15, 0.2) is 6.08 Å². The van der Waals surface area contributed by atoms with Crippen LogP contribution in [0.5, 0.6) is 0 Å². The third-order valence-corrected chi connectivity index (χ3v) is 2.50. The van der Waals surface area contributed by atoms with E-state index in [-0.39, 0.29) is 24.3 Å². The minimum Gasteiger partial charge on any atom is -0.495 e. The van der Waals surface area contributed by atoms with Gasteiger partial charge in [-0.1, -0.05) is 13.8 Å². The number of hydrogen-bond acceptors (Lipinski definition) is 2. The minimum atomic E-state index is -0.451. The number of ether oxygens (including phenoxy) is 2. The molecule has 0 aromatic rings. The normalized spacial score (nSPS) is 29.2. The molecule has 0 aromatic heterocycles. The molecule has 1 heterocycles. The summed E-state index contributed by atoms with van der Waals surface area (Å²) in [5, 5.41) is 0. The van der Waals surface area contributed by atoms with Crippen molar-refractivity contribution in [1.82, 2.24) is 0 Å². The molecule has 0 radical (unpaired) electrons. The summed E-state index contributed by atoms with van der Waals surface area (Å²) in [5.41, 5.74) is 0.0590. The first-order valence-corrected chi connectivity index (χ1v) is 4.02. The summed E-state index contributed by atoms with van der Waals surface area (Å²) in [6, 6.07) is 0. The summed E-state index contributed by atoms with van der Waals surface area (Å²) in [5.74, 6) is -0.451. The Morgan fingerprint density at radius 3 is 2.25 bits per heavy atom. The first kappa shape index (κ1) is 10.3. The molecule has 0 amide bonds. The van der Waals surface area contributed by atoms with Crippen LogP contribution in [0.4, 0.5) is 0 Å². The molecule has 0 saturated carbocycles. The Balaban J connectivity index is 0.000000720. The van der Waals surface area contributed by atoms with Crippen molar-refractivity contribution in [1.29, 1.82) is 0 Å². The van der Waals surface area contributed by atoms with E-state index in [1.165, 1.54) is 0 Å². The van der Waals surface area contributed by atoms with Gasteiger partial charge in [0.25, 0.3) is 0 Å². The van der Waals surface area contributed by atoms with E-state index in [0.29, 0.717) is 13.2 Å². The SMILES string of the molecule is CC1(C)C[C-]=CC12OCCO2.[Li+]. The summed E-state index contributed by atoms with van der Waals surface area (Å²) in [4.78, 5) is 0. The van der Waals surface area contributed by atoms with Gasteiger partial charge in [-0.2, -0.15) is 6.42 Å². The predicted octanol–water partition coefficient (Wildman–Crippen LogP) is -1.48. The largest absolute Gasteiger partial charge is 1.00 e. The van der Waals surface area contributed by atoms with Crippen LogP contribution in [0.1, 0.15) is 20.3 Å². The first-order chi connectivity index (χ1) is 5.16. The third kappa shape index (κ3) is 1.28. The Kier molecular flexibility index (Phi) is 2.75.